The Morgan fingerprint density at radius 2 is 1.74 bits per heavy atom. The lowest BCUT2D eigenvalue weighted by molar-refractivity contribution is -0.123. The topological polar surface area (TPSA) is 113 Å². The molecule has 0 spiro atoms. The molecule has 2 unspecified atom stereocenters. The number of fused-ring (bicyclic) bond motifs is 4. The maximum absolute atomic E-state index is 13.9. The molecule has 4 rings (SSSR count). The SMILES string of the molecule is NC1CCC/C=C/CN(c2ccccc2)S(=O)(=O)c2ccc(Cl)c(c2)C(=O)N2CCCCCC(C2)NC1=O. The zero-order chi connectivity index (χ0) is 27.1. The van der Waals surface area contributed by atoms with Gasteiger partial charge in [-0.15, -0.1) is 0 Å². The van der Waals surface area contributed by atoms with Crippen LogP contribution in [-0.4, -0.2) is 56.9 Å². The number of hydrogen-bond donors (Lipinski definition) is 2. The first-order valence-corrected chi connectivity index (χ1v) is 15.0. The summed E-state index contributed by atoms with van der Waals surface area (Å²) in [6, 6.07) is 12.2. The fourth-order valence-electron chi connectivity index (χ4n) is 4.87. The average Bonchev–Trinajstić information content (AvgIpc) is 2.89. The minimum atomic E-state index is -4.01. The number of nitrogens with two attached hydrogens (primary N) is 1. The van der Waals surface area contributed by atoms with Gasteiger partial charge < -0.3 is 16.0 Å². The minimum absolute atomic E-state index is 0.00788. The molecule has 4 bridgehead atoms. The first-order valence-electron chi connectivity index (χ1n) is 13.1. The Bertz CT molecular complexity index is 1270. The van der Waals surface area contributed by atoms with Crippen LogP contribution in [0.25, 0.3) is 0 Å². The van der Waals surface area contributed by atoms with Crippen LogP contribution in [-0.2, 0) is 14.8 Å². The van der Waals surface area contributed by atoms with Gasteiger partial charge in [-0.3, -0.25) is 13.9 Å². The molecule has 1 fully saturated rings. The number of carbonyl (C=O) groups excluding carboxylic acids is 2. The maximum Gasteiger partial charge on any atom is 0.264 e. The van der Waals surface area contributed by atoms with Crippen molar-refractivity contribution in [1.82, 2.24) is 10.2 Å². The van der Waals surface area contributed by atoms with E-state index in [-0.39, 0.29) is 39.9 Å². The number of anilines is 1. The number of allylic oxidation sites excluding steroid dienone is 1. The van der Waals surface area contributed by atoms with Gasteiger partial charge in [-0.25, -0.2) is 8.42 Å². The smallest absolute Gasteiger partial charge is 0.264 e. The Labute approximate surface area is 229 Å². The Balaban J connectivity index is 1.75. The molecule has 2 aliphatic heterocycles. The van der Waals surface area contributed by atoms with Crippen LogP contribution in [0, 0.1) is 0 Å². The van der Waals surface area contributed by atoms with Crippen molar-refractivity contribution in [2.75, 3.05) is 23.9 Å². The summed E-state index contributed by atoms with van der Waals surface area (Å²) in [5.74, 6) is -0.570. The molecule has 3 N–H and O–H groups in total. The fourth-order valence-corrected chi connectivity index (χ4v) is 6.51. The number of rotatable bonds is 1. The van der Waals surface area contributed by atoms with E-state index in [1.165, 1.54) is 22.5 Å². The van der Waals surface area contributed by atoms with Gasteiger partial charge in [0.2, 0.25) is 5.91 Å². The van der Waals surface area contributed by atoms with E-state index in [1.54, 1.807) is 35.2 Å². The summed E-state index contributed by atoms with van der Waals surface area (Å²) >= 11 is 6.45. The molecule has 2 atom stereocenters. The molecule has 2 aliphatic rings. The lowest BCUT2D eigenvalue weighted by atomic mass is 10.0. The monoisotopic (exact) mass is 558 g/mol. The molecular formula is C28H35ClN4O4S. The highest BCUT2D eigenvalue weighted by Crippen LogP contribution is 2.28. The lowest BCUT2D eigenvalue weighted by Crippen LogP contribution is -2.51. The standard InChI is InChI=1S/C28H35ClN4O4S/c29-25-16-15-23-19-24(25)28(35)32-17-9-4-5-11-21(20-32)31-27(34)26(30)14-8-1-2-10-18-33(38(23,36)37)22-12-6-3-7-13-22/h2-3,6-7,10,12-13,15-16,19,21,26H,1,4-5,8-9,11,14,17-18,20,30H2,(H,31,34)/b10-2+. The van der Waals surface area contributed by atoms with Crippen LogP contribution in [0.5, 0.6) is 0 Å². The lowest BCUT2D eigenvalue weighted by Gasteiger charge is -2.31. The number of sulfonamides is 1. The van der Waals surface area contributed by atoms with Crippen molar-refractivity contribution in [3.8, 4) is 0 Å². The molecule has 0 aromatic heterocycles. The quantitative estimate of drug-likeness (QED) is 0.512. The van der Waals surface area contributed by atoms with Crippen LogP contribution < -0.4 is 15.4 Å². The highest BCUT2D eigenvalue weighted by Gasteiger charge is 2.29. The summed E-state index contributed by atoms with van der Waals surface area (Å²) in [4.78, 5) is 28.1. The Morgan fingerprint density at radius 1 is 0.947 bits per heavy atom. The molecular weight excluding hydrogens is 524 g/mol. The number of amides is 2. The van der Waals surface area contributed by atoms with E-state index in [0.29, 0.717) is 38.0 Å². The van der Waals surface area contributed by atoms with Gasteiger partial charge in [0.1, 0.15) is 0 Å². The summed E-state index contributed by atoms with van der Waals surface area (Å²) in [5.41, 5.74) is 6.81. The summed E-state index contributed by atoms with van der Waals surface area (Å²) in [6.45, 7) is 0.910. The van der Waals surface area contributed by atoms with Crippen molar-refractivity contribution in [2.24, 2.45) is 5.73 Å². The van der Waals surface area contributed by atoms with Crippen LogP contribution in [0.15, 0.2) is 65.6 Å². The molecule has 0 radical (unpaired) electrons. The third kappa shape index (κ3) is 6.76. The van der Waals surface area contributed by atoms with Crippen molar-refractivity contribution in [3.05, 3.63) is 71.3 Å². The van der Waals surface area contributed by atoms with Gasteiger partial charge in [-0.05, 0) is 62.4 Å². The van der Waals surface area contributed by atoms with Gasteiger partial charge in [-0.1, -0.05) is 54.8 Å². The molecule has 8 nitrogen and oxygen atoms in total. The van der Waals surface area contributed by atoms with Crippen LogP contribution >= 0.6 is 11.6 Å². The number of hydrogen-bond acceptors (Lipinski definition) is 5. The first kappa shape index (κ1) is 28.1. The van der Waals surface area contributed by atoms with E-state index in [1.807, 2.05) is 12.1 Å². The van der Waals surface area contributed by atoms with Crippen LogP contribution in [0.1, 0.15) is 55.3 Å². The second-order valence-corrected chi connectivity index (χ2v) is 12.1. The largest absolute Gasteiger partial charge is 0.350 e. The van der Waals surface area contributed by atoms with Gasteiger partial charge >= 0.3 is 0 Å². The molecule has 38 heavy (non-hydrogen) atoms. The highest BCUT2D eigenvalue weighted by molar-refractivity contribution is 7.92. The number of halogens is 1. The molecule has 10 heteroatoms. The molecule has 0 saturated carbocycles. The fraction of sp³-hybridized carbons (Fsp3) is 0.429. The predicted octanol–water partition coefficient (Wildman–Crippen LogP) is 4.10. The van der Waals surface area contributed by atoms with Gasteiger partial charge in [-0.2, -0.15) is 0 Å². The second kappa shape index (κ2) is 12.8. The summed E-state index contributed by atoms with van der Waals surface area (Å²) in [7, 11) is -4.01. The van der Waals surface area contributed by atoms with Gasteiger partial charge in [0.15, 0.2) is 0 Å². The Morgan fingerprint density at radius 3 is 2.53 bits per heavy atom. The van der Waals surface area contributed by atoms with E-state index in [4.69, 9.17) is 17.3 Å². The third-order valence-corrected chi connectivity index (χ3v) is 9.14. The number of nitrogens with zero attached hydrogens (tertiary/aromatic N) is 2. The zero-order valence-corrected chi connectivity index (χ0v) is 23.0. The Kier molecular flexibility index (Phi) is 9.46. The maximum atomic E-state index is 13.9. The van der Waals surface area contributed by atoms with Crippen LogP contribution in [0.3, 0.4) is 0 Å². The number of benzene rings is 2. The Hall–Kier alpha value is -2.88. The van der Waals surface area contributed by atoms with E-state index in [0.717, 1.165) is 25.7 Å². The number of para-hydroxylation sites is 1. The number of nitrogens with one attached hydrogen (secondary N) is 1. The molecule has 2 amide bonds. The first-order chi connectivity index (χ1) is 18.3. The van der Waals surface area contributed by atoms with Gasteiger partial charge in [0.25, 0.3) is 15.9 Å². The van der Waals surface area contributed by atoms with Crippen molar-refractivity contribution in [1.29, 1.82) is 0 Å². The normalized spacial score (nSPS) is 24.4. The van der Waals surface area contributed by atoms with Gasteiger partial charge in [0.05, 0.1) is 33.8 Å². The number of carbonyl (C=O) groups is 2. The van der Waals surface area contributed by atoms with E-state index >= 15 is 0 Å². The van der Waals surface area contributed by atoms with Crippen LogP contribution in [0.4, 0.5) is 5.69 Å². The van der Waals surface area contributed by atoms with Crippen molar-refractivity contribution < 1.29 is 18.0 Å². The molecule has 204 valence electrons. The van der Waals surface area contributed by atoms with Crippen LogP contribution in [0.2, 0.25) is 5.02 Å². The molecule has 2 heterocycles. The van der Waals surface area contributed by atoms with E-state index in [9.17, 15) is 18.0 Å². The van der Waals surface area contributed by atoms with Gasteiger partial charge in [0, 0.05) is 19.1 Å². The van der Waals surface area contributed by atoms with E-state index < -0.39 is 16.1 Å². The molecule has 2 aromatic rings. The predicted molar refractivity (Wildman–Crippen MR) is 150 cm³/mol. The zero-order valence-electron chi connectivity index (χ0n) is 21.4. The van der Waals surface area contributed by atoms with E-state index in [2.05, 4.69) is 5.32 Å². The van der Waals surface area contributed by atoms with Crippen molar-refractivity contribution >= 4 is 39.1 Å². The average molecular weight is 559 g/mol. The van der Waals surface area contributed by atoms with Crippen molar-refractivity contribution in [3.63, 3.8) is 0 Å². The third-order valence-electron chi connectivity index (χ3n) is 7.02. The van der Waals surface area contributed by atoms with Crippen molar-refractivity contribution in [2.45, 2.75) is 61.9 Å². The minimum Gasteiger partial charge on any atom is -0.350 e. The molecule has 1 saturated heterocycles. The molecule has 2 aromatic carbocycles. The summed E-state index contributed by atoms with van der Waals surface area (Å²) in [5, 5.41) is 3.22. The highest BCUT2D eigenvalue weighted by atomic mass is 35.5. The second-order valence-electron chi connectivity index (χ2n) is 9.83. The summed E-state index contributed by atoms with van der Waals surface area (Å²) in [6.07, 6.45) is 8.98. The molecule has 0 aliphatic carbocycles. The summed E-state index contributed by atoms with van der Waals surface area (Å²) < 4.78 is 29.0.